The normalized spacial score (nSPS) is 16.0. The molecule has 2 heteroatoms. The summed E-state index contributed by atoms with van der Waals surface area (Å²) in [5.74, 6) is 0. The van der Waals surface area contributed by atoms with Crippen LogP contribution in [0.2, 0.25) is 0 Å². The fraction of sp³-hybridized carbons (Fsp3) is 0.364. The van der Waals surface area contributed by atoms with Gasteiger partial charge in [-0.3, -0.25) is 0 Å². The summed E-state index contributed by atoms with van der Waals surface area (Å²) in [7, 11) is 0. The SMILES string of the molecule is c1cc2c3c(cnc2s1)CCCC3. The number of rotatable bonds is 0. The van der Waals surface area contributed by atoms with Crippen molar-refractivity contribution in [3.05, 3.63) is 28.8 Å². The molecule has 2 heterocycles. The van der Waals surface area contributed by atoms with Crippen LogP contribution in [0.4, 0.5) is 0 Å². The highest BCUT2D eigenvalue weighted by molar-refractivity contribution is 7.16. The molecular formula is C11H11NS. The van der Waals surface area contributed by atoms with E-state index in [9.17, 15) is 0 Å². The Labute approximate surface area is 81.4 Å². The first-order chi connectivity index (χ1) is 6.45. The summed E-state index contributed by atoms with van der Waals surface area (Å²) in [5.41, 5.74) is 3.05. The maximum absolute atomic E-state index is 4.47. The molecule has 0 saturated carbocycles. The number of aromatic nitrogens is 1. The highest BCUT2D eigenvalue weighted by Crippen LogP contribution is 2.29. The van der Waals surface area contributed by atoms with E-state index in [1.165, 1.54) is 41.5 Å². The first-order valence-corrected chi connectivity index (χ1v) is 5.67. The monoisotopic (exact) mass is 189 g/mol. The Kier molecular flexibility index (Phi) is 1.62. The van der Waals surface area contributed by atoms with Crippen molar-refractivity contribution in [3.8, 4) is 0 Å². The molecule has 0 bridgehead atoms. The number of nitrogens with zero attached hydrogens (tertiary/aromatic N) is 1. The van der Waals surface area contributed by atoms with Crippen LogP contribution in [-0.2, 0) is 12.8 Å². The minimum atomic E-state index is 1.21. The van der Waals surface area contributed by atoms with E-state index >= 15 is 0 Å². The number of hydrogen-bond donors (Lipinski definition) is 0. The Morgan fingerprint density at radius 1 is 1.23 bits per heavy atom. The molecule has 3 rings (SSSR count). The molecule has 0 amide bonds. The van der Waals surface area contributed by atoms with E-state index in [2.05, 4.69) is 22.6 Å². The predicted molar refractivity (Wildman–Crippen MR) is 56.3 cm³/mol. The van der Waals surface area contributed by atoms with Gasteiger partial charge in [-0.05, 0) is 48.3 Å². The lowest BCUT2D eigenvalue weighted by molar-refractivity contribution is 0.688. The second-order valence-corrected chi connectivity index (χ2v) is 4.50. The molecule has 0 saturated heterocycles. The lowest BCUT2D eigenvalue weighted by Crippen LogP contribution is -2.03. The molecule has 0 aromatic carbocycles. The molecule has 1 aliphatic rings. The van der Waals surface area contributed by atoms with E-state index in [1.807, 2.05) is 0 Å². The lowest BCUT2D eigenvalue weighted by Gasteiger charge is -2.15. The van der Waals surface area contributed by atoms with Crippen molar-refractivity contribution in [2.45, 2.75) is 25.7 Å². The molecular weight excluding hydrogens is 178 g/mol. The number of pyridine rings is 1. The van der Waals surface area contributed by atoms with Gasteiger partial charge in [0.15, 0.2) is 0 Å². The minimum Gasteiger partial charge on any atom is -0.245 e. The third-order valence-electron chi connectivity index (χ3n) is 2.82. The highest BCUT2D eigenvalue weighted by Gasteiger charge is 2.12. The second kappa shape index (κ2) is 2.81. The summed E-state index contributed by atoms with van der Waals surface area (Å²) in [6.07, 6.45) is 7.25. The standard InChI is InChI=1S/C11H11NS/c1-2-4-9-8(3-1)7-12-11-10(9)5-6-13-11/h5-7H,1-4H2. The fourth-order valence-electron chi connectivity index (χ4n) is 2.15. The molecule has 0 fully saturated rings. The average molecular weight is 189 g/mol. The highest BCUT2D eigenvalue weighted by atomic mass is 32.1. The molecule has 0 atom stereocenters. The third kappa shape index (κ3) is 1.09. The van der Waals surface area contributed by atoms with E-state index < -0.39 is 0 Å². The van der Waals surface area contributed by atoms with Gasteiger partial charge in [0.2, 0.25) is 0 Å². The van der Waals surface area contributed by atoms with E-state index in [0.29, 0.717) is 0 Å². The number of hydrogen-bond acceptors (Lipinski definition) is 2. The molecule has 66 valence electrons. The quantitative estimate of drug-likeness (QED) is 0.620. The number of aryl methyl sites for hydroxylation is 2. The number of thiophene rings is 1. The molecule has 0 unspecified atom stereocenters. The fourth-order valence-corrected chi connectivity index (χ4v) is 2.91. The molecule has 1 nitrogen and oxygen atoms in total. The predicted octanol–water partition coefficient (Wildman–Crippen LogP) is 3.18. The summed E-state index contributed by atoms with van der Waals surface area (Å²) in [6, 6.07) is 2.22. The summed E-state index contributed by atoms with van der Waals surface area (Å²) in [4.78, 5) is 5.68. The van der Waals surface area contributed by atoms with Crippen molar-refractivity contribution in [2.75, 3.05) is 0 Å². The van der Waals surface area contributed by atoms with Gasteiger partial charge in [-0.25, -0.2) is 4.98 Å². The van der Waals surface area contributed by atoms with Crippen LogP contribution in [0.5, 0.6) is 0 Å². The van der Waals surface area contributed by atoms with Crippen molar-refractivity contribution in [2.24, 2.45) is 0 Å². The van der Waals surface area contributed by atoms with Gasteiger partial charge < -0.3 is 0 Å². The smallest absolute Gasteiger partial charge is 0.123 e. The van der Waals surface area contributed by atoms with Crippen molar-refractivity contribution in [1.29, 1.82) is 0 Å². The van der Waals surface area contributed by atoms with Gasteiger partial charge in [0.05, 0.1) is 0 Å². The van der Waals surface area contributed by atoms with Gasteiger partial charge in [-0.2, -0.15) is 0 Å². The summed E-state index contributed by atoms with van der Waals surface area (Å²) in [5, 5.41) is 3.55. The molecule has 1 aliphatic carbocycles. The van der Waals surface area contributed by atoms with Crippen molar-refractivity contribution >= 4 is 21.6 Å². The number of fused-ring (bicyclic) bond motifs is 3. The van der Waals surface area contributed by atoms with Gasteiger partial charge in [0, 0.05) is 11.6 Å². The maximum Gasteiger partial charge on any atom is 0.123 e. The van der Waals surface area contributed by atoms with E-state index in [4.69, 9.17) is 0 Å². The van der Waals surface area contributed by atoms with Gasteiger partial charge in [0.1, 0.15) is 4.83 Å². The summed E-state index contributed by atoms with van der Waals surface area (Å²) >= 11 is 1.75. The Morgan fingerprint density at radius 3 is 3.15 bits per heavy atom. The Balaban J connectivity index is 2.34. The lowest BCUT2D eigenvalue weighted by atomic mass is 9.92. The topological polar surface area (TPSA) is 12.9 Å². The zero-order valence-corrected chi connectivity index (χ0v) is 8.23. The van der Waals surface area contributed by atoms with Crippen LogP contribution in [0.15, 0.2) is 17.6 Å². The minimum absolute atomic E-state index is 1.21. The van der Waals surface area contributed by atoms with Crippen molar-refractivity contribution in [1.82, 2.24) is 4.98 Å². The molecule has 0 spiro atoms. The summed E-state index contributed by atoms with van der Waals surface area (Å²) in [6.45, 7) is 0. The summed E-state index contributed by atoms with van der Waals surface area (Å²) < 4.78 is 0. The zero-order valence-electron chi connectivity index (χ0n) is 7.42. The zero-order chi connectivity index (χ0) is 8.67. The third-order valence-corrected chi connectivity index (χ3v) is 3.64. The maximum atomic E-state index is 4.47. The largest absolute Gasteiger partial charge is 0.245 e. The van der Waals surface area contributed by atoms with Crippen LogP contribution < -0.4 is 0 Å². The van der Waals surface area contributed by atoms with Gasteiger partial charge in [-0.15, -0.1) is 11.3 Å². The molecule has 0 N–H and O–H groups in total. The van der Waals surface area contributed by atoms with Crippen LogP contribution in [0.1, 0.15) is 24.0 Å². The molecule has 0 radical (unpaired) electrons. The molecule has 0 aliphatic heterocycles. The second-order valence-electron chi connectivity index (χ2n) is 3.61. The Bertz CT molecular complexity index is 444. The average Bonchev–Trinajstić information content (AvgIpc) is 2.65. The van der Waals surface area contributed by atoms with Crippen LogP contribution in [0.3, 0.4) is 0 Å². The van der Waals surface area contributed by atoms with E-state index in [0.717, 1.165) is 0 Å². The van der Waals surface area contributed by atoms with E-state index in [-0.39, 0.29) is 0 Å². The van der Waals surface area contributed by atoms with Crippen LogP contribution >= 0.6 is 11.3 Å². The van der Waals surface area contributed by atoms with Crippen LogP contribution in [0, 0.1) is 0 Å². The first-order valence-electron chi connectivity index (χ1n) is 4.79. The van der Waals surface area contributed by atoms with E-state index in [1.54, 1.807) is 16.9 Å². The van der Waals surface area contributed by atoms with Gasteiger partial charge in [0.25, 0.3) is 0 Å². The van der Waals surface area contributed by atoms with Crippen molar-refractivity contribution < 1.29 is 0 Å². The Hall–Kier alpha value is -0.890. The molecule has 2 aromatic rings. The molecule has 2 aromatic heterocycles. The van der Waals surface area contributed by atoms with Crippen LogP contribution in [0.25, 0.3) is 10.2 Å². The van der Waals surface area contributed by atoms with Gasteiger partial charge >= 0.3 is 0 Å². The first kappa shape index (κ1) is 7.51. The van der Waals surface area contributed by atoms with Gasteiger partial charge in [-0.1, -0.05) is 0 Å². The Morgan fingerprint density at radius 2 is 2.15 bits per heavy atom. The molecule has 13 heavy (non-hydrogen) atoms. The van der Waals surface area contributed by atoms with Crippen molar-refractivity contribution in [3.63, 3.8) is 0 Å². The van der Waals surface area contributed by atoms with Crippen LogP contribution in [-0.4, -0.2) is 4.98 Å².